The molecule has 50 heavy (non-hydrogen) atoms. The summed E-state index contributed by atoms with van der Waals surface area (Å²) in [7, 11) is -4.17. The number of hydrogen-bond donors (Lipinski definition) is 3. The van der Waals surface area contributed by atoms with Crippen molar-refractivity contribution in [1.82, 2.24) is 5.32 Å². The lowest BCUT2D eigenvalue weighted by Gasteiger charge is -2.33. The summed E-state index contributed by atoms with van der Waals surface area (Å²) in [6.45, 7) is 8.74. The summed E-state index contributed by atoms with van der Waals surface area (Å²) >= 11 is 6.15. The van der Waals surface area contributed by atoms with Gasteiger partial charge in [0.05, 0.1) is 11.7 Å². The average molecular weight is 713 g/mol. The summed E-state index contributed by atoms with van der Waals surface area (Å²) in [4.78, 5) is 26.5. The molecular formula is C41H45ClN2O5S. The Hall–Kier alpha value is -4.24. The predicted molar refractivity (Wildman–Crippen MR) is 203 cm³/mol. The zero-order valence-electron chi connectivity index (χ0n) is 29.0. The highest BCUT2D eigenvalue weighted by Crippen LogP contribution is 2.40. The number of amides is 2. The van der Waals surface area contributed by atoms with Crippen molar-refractivity contribution < 1.29 is 22.6 Å². The van der Waals surface area contributed by atoms with E-state index in [-0.39, 0.29) is 17.9 Å². The molecule has 9 heteroatoms. The van der Waals surface area contributed by atoms with E-state index in [1.54, 1.807) is 24.3 Å². The molecule has 0 saturated heterocycles. The van der Waals surface area contributed by atoms with Crippen molar-refractivity contribution in [2.45, 2.75) is 59.3 Å². The number of carbonyl (C=O) groups excluding carboxylic acids is 2. The number of hydrogen-bond acceptors (Lipinski definition) is 4. The average Bonchev–Trinajstić information content (AvgIpc) is 3.07. The molecule has 1 aliphatic carbocycles. The summed E-state index contributed by atoms with van der Waals surface area (Å²) in [6, 6.07) is 28.8. The fraction of sp³-hybridized carbons (Fsp3) is 0.317. The smallest absolute Gasteiger partial charge is 0.266 e. The van der Waals surface area contributed by atoms with Gasteiger partial charge < -0.3 is 10.6 Å². The van der Waals surface area contributed by atoms with Gasteiger partial charge in [-0.3, -0.25) is 14.1 Å². The van der Waals surface area contributed by atoms with Crippen LogP contribution in [0.5, 0.6) is 0 Å². The number of rotatable bonds is 11. The number of aryl methyl sites for hydroxylation is 1. The molecule has 262 valence electrons. The molecule has 0 aliphatic heterocycles. The second-order valence-corrected chi connectivity index (χ2v) is 16.2. The molecule has 0 heterocycles. The van der Waals surface area contributed by atoms with Crippen molar-refractivity contribution in [2.75, 3.05) is 17.6 Å². The summed E-state index contributed by atoms with van der Waals surface area (Å²) in [5, 5.41) is 6.30. The largest absolute Gasteiger partial charge is 0.351 e. The highest BCUT2D eigenvalue weighted by Gasteiger charge is 2.27. The van der Waals surface area contributed by atoms with E-state index in [4.69, 9.17) is 16.2 Å². The Morgan fingerprint density at radius 1 is 0.920 bits per heavy atom. The van der Waals surface area contributed by atoms with Crippen molar-refractivity contribution >= 4 is 44.8 Å². The van der Waals surface area contributed by atoms with Crippen LogP contribution in [-0.2, 0) is 21.3 Å². The number of halogens is 1. The summed E-state index contributed by atoms with van der Waals surface area (Å²) < 4.78 is 30.9. The van der Waals surface area contributed by atoms with E-state index in [0.29, 0.717) is 28.6 Å². The van der Waals surface area contributed by atoms with Gasteiger partial charge in [0.1, 0.15) is 0 Å². The lowest BCUT2D eigenvalue weighted by Crippen LogP contribution is -2.28. The molecule has 1 aliphatic rings. The van der Waals surface area contributed by atoms with Crippen LogP contribution in [0, 0.1) is 18.3 Å². The van der Waals surface area contributed by atoms with Crippen LogP contribution in [0.3, 0.4) is 0 Å². The summed E-state index contributed by atoms with van der Waals surface area (Å²) in [5.41, 5.74) is 8.75. The maximum absolute atomic E-state index is 14.0. The van der Waals surface area contributed by atoms with Gasteiger partial charge in [0.15, 0.2) is 0 Å². The minimum absolute atomic E-state index is 0.148. The minimum Gasteiger partial charge on any atom is -0.351 e. The Labute approximate surface area is 300 Å². The van der Waals surface area contributed by atoms with Crippen LogP contribution in [0.15, 0.2) is 97.1 Å². The van der Waals surface area contributed by atoms with Crippen molar-refractivity contribution in [3.05, 3.63) is 130 Å². The molecule has 1 unspecified atom stereocenters. The van der Waals surface area contributed by atoms with Crippen molar-refractivity contribution in [1.29, 1.82) is 0 Å². The molecule has 0 fully saturated rings. The maximum Gasteiger partial charge on any atom is 0.266 e. The van der Waals surface area contributed by atoms with E-state index in [0.717, 1.165) is 47.1 Å². The fourth-order valence-electron chi connectivity index (χ4n) is 6.51. The standard InChI is InChI=1S/C41H45ClN2O5S/c1-27-25-35(42)19-22-37(27)31-15-20-36(21-16-31)44-40(46)38(26-28-5-7-33(8-6-28)39(45)43-23-24-50(47,48)49)32-11-9-29(10-12-32)30-13-17-34(18-14-30)41(2,3)4/h5-13,15-16,19-22,25,34,38H,14,17-18,23-24,26H2,1-4H3,(H,43,45)(H,44,46)(H,47,48,49)/t34?,38-/m1/s1. The van der Waals surface area contributed by atoms with Gasteiger partial charge in [-0.2, -0.15) is 8.42 Å². The first kappa shape index (κ1) is 37.0. The van der Waals surface area contributed by atoms with E-state index < -0.39 is 27.7 Å². The number of nitrogens with one attached hydrogen (secondary N) is 2. The van der Waals surface area contributed by atoms with Gasteiger partial charge in [-0.05, 0) is 119 Å². The third-order valence-corrected chi connectivity index (χ3v) is 10.5. The number of anilines is 1. The Kier molecular flexibility index (Phi) is 11.7. The van der Waals surface area contributed by atoms with Gasteiger partial charge in [0, 0.05) is 22.8 Å². The zero-order chi connectivity index (χ0) is 36.1. The van der Waals surface area contributed by atoms with E-state index in [1.165, 1.54) is 11.1 Å². The van der Waals surface area contributed by atoms with Crippen LogP contribution in [0.25, 0.3) is 16.7 Å². The van der Waals surface area contributed by atoms with E-state index >= 15 is 0 Å². The predicted octanol–water partition coefficient (Wildman–Crippen LogP) is 9.13. The molecule has 2 atom stereocenters. The third-order valence-electron chi connectivity index (χ3n) is 9.59. The van der Waals surface area contributed by atoms with Crippen molar-refractivity contribution in [3.8, 4) is 11.1 Å². The van der Waals surface area contributed by atoms with Crippen LogP contribution in [0.2, 0.25) is 5.02 Å². The Morgan fingerprint density at radius 3 is 2.16 bits per heavy atom. The highest BCUT2D eigenvalue weighted by atomic mass is 35.5. The Morgan fingerprint density at radius 2 is 1.58 bits per heavy atom. The third kappa shape index (κ3) is 9.93. The van der Waals surface area contributed by atoms with Gasteiger partial charge in [-0.1, -0.05) is 93.0 Å². The number of benzene rings is 4. The van der Waals surface area contributed by atoms with E-state index in [1.807, 2.05) is 61.5 Å². The van der Waals surface area contributed by atoms with Crippen LogP contribution in [0.1, 0.15) is 78.6 Å². The molecule has 2 amide bonds. The van der Waals surface area contributed by atoms with E-state index in [9.17, 15) is 18.0 Å². The molecule has 0 bridgehead atoms. The molecule has 5 rings (SSSR count). The number of allylic oxidation sites excluding steroid dienone is 2. The van der Waals surface area contributed by atoms with Crippen LogP contribution >= 0.6 is 11.6 Å². The summed E-state index contributed by atoms with van der Waals surface area (Å²) in [6.07, 6.45) is 6.03. The van der Waals surface area contributed by atoms with Crippen LogP contribution in [0.4, 0.5) is 5.69 Å². The SMILES string of the molecule is Cc1cc(Cl)ccc1-c1ccc(NC(=O)[C@H](Cc2ccc(C(=O)NCCS(=O)(=O)O)cc2)c2ccc(C3=CCC(C(C)(C)C)CC3)cc2)cc1. The molecule has 4 aromatic rings. The molecule has 0 spiro atoms. The minimum atomic E-state index is -4.17. The molecule has 3 N–H and O–H groups in total. The van der Waals surface area contributed by atoms with Gasteiger partial charge in [-0.15, -0.1) is 0 Å². The highest BCUT2D eigenvalue weighted by molar-refractivity contribution is 7.85. The normalized spacial score (nSPS) is 15.6. The van der Waals surface area contributed by atoms with Gasteiger partial charge in [0.25, 0.3) is 16.0 Å². The Balaban J connectivity index is 1.35. The van der Waals surface area contributed by atoms with Crippen LogP contribution in [-0.4, -0.2) is 37.1 Å². The zero-order valence-corrected chi connectivity index (χ0v) is 30.6. The molecular weight excluding hydrogens is 668 g/mol. The summed E-state index contributed by atoms with van der Waals surface area (Å²) in [5.74, 6) is -1.01. The van der Waals surface area contributed by atoms with Crippen molar-refractivity contribution in [3.63, 3.8) is 0 Å². The molecule has 0 saturated carbocycles. The first-order chi connectivity index (χ1) is 23.7. The Bertz CT molecular complexity index is 1960. The lowest BCUT2D eigenvalue weighted by molar-refractivity contribution is -0.117. The molecule has 0 aromatic heterocycles. The van der Waals surface area contributed by atoms with Crippen LogP contribution < -0.4 is 10.6 Å². The lowest BCUT2D eigenvalue weighted by atomic mass is 9.72. The number of carbonyl (C=O) groups is 2. The fourth-order valence-corrected chi connectivity index (χ4v) is 7.10. The molecule has 4 aromatic carbocycles. The van der Waals surface area contributed by atoms with Gasteiger partial charge in [0.2, 0.25) is 5.91 Å². The quantitative estimate of drug-likeness (QED) is 0.134. The molecule has 7 nitrogen and oxygen atoms in total. The maximum atomic E-state index is 14.0. The second kappa shape index (κ2) is 15.8. The second-order valence-electron chi connectivity index (χ2n) is 14.2. The van der Waals surface area contributed by atoms with E-state index in [2.05, 4.69) is 49.6 Å². The van der Waals surface area contributed by atoms with Crippen molar-refractivity contribution in [2.24, 2.45) is 11.3 Å². The first-order valence-corrected chi connectivity index (χ1v) is 18.9. The van der Waals surface area contributed by atoms with Gasteiger partial charge >= 0.3 is 0 Å². The first-order valence-electron chi connectivity index (χ1n) is 17.0. The topological polar surface area (TPSA) is 113 Å². The van der Waals surface area contributed by atoms with Gasteiger partial charge in [-0.25, -0.2) is 0 Å². The monoisotopic (exact) mass is 712 g/mol. The molecule has 0 radical (unpaired) electrons.